The van der Waals surface area contributed by atoms with E-state index in [9.17, 15) is 0 Å². The molecular weight excluding hydrogens is 377 g/mol. The minimum Gasteiger partial charge on any atom is -0.324 e. The van der Waals surface area contributed by atoms with Crippen LogP contribution in [-0.4, -0.2) is 0 Å². The molecule has 0 heterocycles. The number of rotatable bonds is 3. The average molecular weight is 394 g/mol. The van der Waals surface area contributed by atoms with E-state index in [4.69, 9.17) is 5.73 Å². The SMILES string of the molecule is NC(CC1CCCC1)c1cc(I)ccc1Br. The maximum atomic E-state index is 6.31. The first kappa shape index (κ1) is 12.8. The largest absolute Gasteiger partial charge is 0.324 e. The van der Waals surface area contributed by atoms with Gasteiger partial charge in [-0.25, -0.2) is 0 Å². The summed E-state index contributed by atoms with van der Waals surface area (Å²) in [7, 11) is 0. The van der Waals surface area contributed by atoms with Crippen molar-refractivity contribution in [2.45, 2.75) is 38.1 Å². The van der Waals surface area contributed by atoms with E-state index < -0.39 is 0 Å². The molecule has 1 aromatic rings. The van der Waals surface area contributed by atoms with Crippen LogP contribution in [0.15, 0.2) is 22.7 Å². The van der Waals surface area contributed by atoms with E-state index in [0.29, 0.717) is 0 Å². The van der Waals surface area contributed by atoms with Gasteiger partial charge >= 0.3 is 0 Å². The van der Waals surface area contributed by atoms with Gasteiger partial charge in [0.15, 0.2) is 0 Å². The van der Waals surface area contributed by atoms with Gasteiger partial charge in [-0.15, -0.1) is 0 Å². The minimum atomic E-state index is 0.187. The molecule has 0 amide bonds. The van der Waals surface area contributed by atoms with Crippen LogP contribution < -0.4 is 5.73 Å². The first-order valence-electron chi connectivity index (χ1n) is 5.87. The highest BCUT2D eigenvalue weighted by molar-refractivity contribution is 14.1. The molecule has 1 aliphatic rings. The third-order valence-corrected chi connectivity index (χ3v) is 4.81. The van der Waals surface area contributed by atoms with Gasteiger partial charge in [0.25, 0.3) is 0 Å². The van der Waals surface area contributed by atoms with Crippen molar-refractivity contribution in [3.8, 4) is 0 Å². The van der Waals surface area contributed by atoms with Crippen molar-refractivity contribution in [3.05, 3.63) is 31.8 Å². The zero-order chi connectivity index (χ0) is 11.5. The van der Waals surface area contributed by atoms with E-state index in [1.165, 1.54) is 34.8 Å². The molecule has 0 radical (unpaired) electrons. The number of nitrogens with two attached hydrogens (primary N) is 1. The Kier molecular flexibility index (Phi) is 4.67. The Hall–Kier alpha value is 0.390. The van der Waals surface area contributed by atoms with Crippen molar-refractivity contribution in [3.63, 3.8) is 0 Å². The average Bonchev–Trinajstić information content (AvgIpc) is 2.74. The van der Waals surface area contributed by atoms with E-state index in [0.717, 1.165) is 16.8 Å². The van der Waals surface area contributed by atoms with Gasteiger partial charge in [-0.3, -0.25) is 0 Å². The summed E-state index contributed by atoms with van der Waals surface area (Å²) in [5.74, 6) is 0.847. The van der Waals surface area contributed by atoms with Gasteiger partial charge in [-0.1, -0.05) is 41.6 Å². The molecule has 2 rings (SSSR count). The van der Waals surface area contributed by atoms with Crippen molar-refractivity contribution in [2.75, 3.05) is 0 Å². The smallest absolute Gasteiger partial charge is 0.0309 e. The molecule has 88 valence electrons. The van der Waals surface area contributed by atoms with E-state index in [-0.39, 0.29) is 6.04 Å². The lowest BCUT2D eigenvalue weighted by Crippen LogP contribution is -2.14. The summed E-state index contributed by atoms with van der Waals surface area (Å²) in [6.07, 6.45) is 6.67. The van der Waals surface area contributed by atoms with Crippen LogP contribution in [-0.2, 0) is 0 Å². The third-order valence-electron chi connectivity index (χ3n) is 3.42. The quantitative estimate of drug-likeness (QED) is 0.744. The highest BCUT2D eigenvalue weighted by atomic mass is 127. The first-order chi connectivity index (χ1) is 7.66. The molecule has 16 heavy (non-hydrogen) atoms. The van der Waals surface area contributed by atoms with E-state index >= 15 is 0 Å². The van der Waals surface area contributed by atoms with E-state index in [2.05, 4.69) is 56.7 Å². The topological polar surface area (TPSA) is 26.0 Å². The third kappa shape index (κ3) is 3.20. The predicted molar refractivity (Wildman–Crippen MR) is 80.4 cm³/mol. The lowest BCUT2D eigenvalue weighted by molar-refractivity contribution is 0.450. The molecular formula is C13H17BrIN. The maximum absolute atomic E-state index is 6.31. The second-order valence-electron chi connectivity index (χ2n) is 4.66. The summed E-state index contributed by atoms with van der Waals surface area (Å²) in [5.41, 5.74) is 7.57. The molecule has 1 aromatic carbocycles. The molecule has 1 fully saturated rings. The van der Waals surface area contributed by atoms with Crippen molar-refractivity contribution in [2.24, 2.45) is 11.7 Å². The molecule has 0 bridgehead atoms. The lowest BCUT2D eigenvalue weighted by Gasteiger charge is -2.18. The molecule has 2 N–H and O–H groups in total. The minimum absolute atomic E-state index is 0.187. The highest BCUT2D eigenvalue weighted by Gasteiger charge is 2.20. The van der Waals surface area contributed by atoms with Gasteiger partial charge in [-0.05, 0) is 58.7 Å². The second kappa shape index (κ2) is 5.83. The zero-order valence-electron chi connectivity index (χ0n) is 9.26. The fraction of sp³-hybridized carbons (Fsp3) is 0.538. The molecule has 1 atom stereocenters. The van der Waals surface area contributed by atoms with Crippen LogP contribution in [0, 0.1) is 9.49 Å². The predicted octanol–water partition coefficient (Wildman–Crippen LogP) is 4.63. The van der Waals surface area contributed by atoms with Gasteiger partial charge in [0, 0.05) is 14.1 Å². The number of hydrogen-bond donors (Lipinski definition) is 1. The van der Waals surface area contributed by atoms with E-state index in [1.807, 2.05) is 0 Å². The van der Waals surface area contributed by atoms with Crippen LogP contribution in [0.2, 0.25) is 0 Å². The van der Waals surface area contributed by atoms with Gasteiger partial charge < -0.3 is 5.73 Å². The Morgan fingerprint density at radius 1 is 1.38 bits per heavy atom. The van der Waals surface area contributed by atoms with Gasteiger partial charge in [0.2, 0.25) is 0 Å². The summed E-state index contributed by atoms with van der Waals surface area (Å²) in [5, 5.41) is 0. The molecule has 1 nitrogen and oxygen atoms in total. The van der Waals surface area contributed by atoms with Crippen LogP contribution in [0.1, 0.15) is 43.7 Å². The maximum Gasteiger partial charge on any atom is 0.0309 e. The van der Waals surface area contributed by atoms with Crippen molar-refractivity contribution in [1.29, 1.82) is 0 Å². The molecule has 1 unspecified atom stereocenters. The Morgan fingerprint density at radius 3 is 2.75 bits per heavy atom. The Morgan fingerprint density at radius 2 is 2.06 bits per heavy atom. The summed E-state index contributed by atoms with van der Waals surface area (Å²) in [6, 6.07) is 6.60. The lowest BCUT2D eigenvalue weighted by atomic mass is 9.94. The van der Waals surface area contributed by atoms with Gasteiger partial charge in [0.1, 0.15) is 0 Å². The molecule has 1 saturated carbocycles. The summed E-state index contributed by atoms with van der Waals surface area (Å²) in [4.78, 5) is 0. The molecule has 3 heteroatoms. The first-order valence-corrected chi connectivity index (χ1v) is 7.74. The van der Waals surface area contributed by atoms with E-state index in [1.54, 1.807) is 0 Å². The van der Waals surface area contributed by atoms with Crippen molar-refractivity contribution < 1.29 is 0 Å². The standard InChI is InChI=1S/C13H17BrIN/c14-12-6-5-10(15)8-11(12)13(16)7-9-3-1-2-4-9/h5-6,8-9,13H,1-4,7,16H2. The second-order valence-corrected chi connectivity index (χ2v) is 6.76. The number of hydrogen-bond acceptors (Lipinski definition) is 1. The molecule has 0 aromatic heterocycles. The summed E-state index contributed by atoms with van der Waals surface area (Å²) < 4.78 is 2.41. The van der Waals surface area contributed by atoms with Gasteiger partial charge in [0.05, 0.1) is 0 Å². The Labute approximate surface area is 119 Å². The zero-order valence-corrected chi connectivity index (χ0v) is 13.0. The van der Waals surface area contributed by atoms with Crippen LogP contribution in [0.25, 0.3) is 0 Å². The monoisotopic (exact) mass is 393 g/mol. The van der Waals surface area contributed by atoms with Crippen LogP contribution >= 0.6 is 38.5 Å². The molecule has 0 spiro atoms. The highest BCUT2D eigenvalue weighted by Crippen LogP contribution is 2.34. The normalized spacial score (nSPS) is 18.9. The number of benzene rings is 1. The van der Waals surface area contributed by atoms with Crippen molar-refractivity contribution >= 4 is 38.5 Å². The molecule has 1 aliphatic carbocycles. The van der Waals surface area contributed by atoms with Crippen LogP contribution in [0.3, 0.4) is 0 Å². The van der Waals surface area contributed by atoms with Crippen molar-refractivity contribution in [1.82, 2.24) is 0 Å². The van der Waals surface area contributed by atoms with Crippen LogP contribution in [0.5, 0.6) is 0 Å². The number of halogens is 2. The summed E-state index contributed by atoms with van der Waals surface area (Å²) >= 11 is 5.94. The molecule has 0 saturated heterocycles. The Balaban J connectivity index is 2.07. The fourth-order valence-corrected chi connectivity index (χ4v) is 3.59. The fourth-order valence-electron chi connectivity index (χ4n) is 2.53. The van der Waals surface area contributed by atoms with Crippen LogP contribution in [0.4, 0.5) is 0 Å². The summed E-state index contributed by atoms with van der Waals surface area (Å²) in [6.45, 7) is 0. The molecule has 0 aliphatic heterocycles. The Bertz CT molecular complexity index is 361. The van der Waals surface area contributed by atoms with Gasteiger partial charge in [-0.2, -0.15) is 0 Å².